The second-order valence-corrected chi connectivity index (χ2v) is 6.24. The van der Waals surface area contributed by atoms with Gasteiger partial charge in [0.25, 0.3) is 5.91 Å². The third-order valence-corrected chi connectivity index (χ3v) is 4.24. The van der Waals surface area contributed by atoms with Crippen molar-refractivity contribution >= 4 is 39.1 Å². The van der Waals surface area contributed by atoms with Crippen LogP contribution in [0.2, 0.25) is 0 Å². The fourth-order valence-corrected chi connectivity index (χ4v) is 2.92. The van der Waals surface area contributed by atoms with Crippen molar-refractivity contribution in [2.24, 2.45) is 5.92 Å². The molecule has 86 valence electrons. The molecule has 2 N–H and O–H groups in total. The van der Waals surface area contributed by atoms with Crippen molar-refractivity contribution in [3.05, 3.63) is 20.8 Å². The highest BCUT2D eigenvalue weighted by molar-refractivity contribution is 9.11. The standard InChI is InChI=1S/C10H10BrNO3S/c11-8-2-1-7(16-8)9(13)12-6-3-5(4-6)10(14)15/h1-2,5-6H,3-4H2,(H,12,13)(H,14,15). The van der Waals surface area contributed by atoms with E-state index in [4.69, 9.17) is 5.11 Å². The number of nitrogens with one attached hydrogen (secondary N) is 1. The van der Waals surface area contributed by atoms with Gasteiger partial charge in [-0.25, -0.2) is 0 Å². The summed E-state index contributed by atoms with van der Waals surface area (Å²) in [6.45, 7) is 0. The summed E-state index contributed by atoms with van der Waals surface area (Å²) in [5.74, 6) is -1.19. The van der Waals surface area contributed by atoms with Crippen LogP contribution in [0.5, 0.6) is 0 Å². The lowest BCUT2D eigenvalue weighted by atomic mass is 9.80. The number of thiophene rings is 1. The van der Waals surface area contributed by atoms with Crippen molar-refractivity contribution in [3.63, 3.8) is 0 Å². The SMILES string of the molecule is O=C(NC1CC(C(=O)O)C1)c1ccc(Br)s1. The summed E-state index contributed by atoms with van der Waals surface area (Å²) in [5.41, 5.74) is 0. The number of carbonyl (C=O) groups is 2. The van der Waals surface area contributed by atoms with Gasteiger partial charge < -0.3 is 10.4 Å². The summed E-state index contributed by atoms with van der Waals surface area (Å²) >= 11 is 4.65. The third-order valence-electron chi connectivity index (χ3n) is 2.62. The summed E-state index contributed by atoms with van der Waals surface area (Å²) in [6.07, 6.45) is 1.07. The fourth-order valence-electron chi connectivity index (χ4n) is 1.63. The Balaban J connectivity index is 1.84. The molecule has 0 unspecified atom stereocenters. The first-order valence-electron chi connectivity index (χ1n) is 4.85. The monoisotopic (exact) mass is 303 g/mol. The molecule has 1 heterocycles. The number of rotatable bonds is 3. The van der Waals surface area contributed by atoms with Gasteiger partial charge in [-0.05, 0) is 40.9 Å². The van der Waals surface area contributed by atoms with Crippen LogP contribution < -0.4 is 5.32 Å². The van der Waals surface area contributed by atoms with Gasteiger partial charge >= 0.3 is 5.97 Å². The summed E-state index contributed by atoms with van der Waals surface area (Å²) in [7, 11) is 0. The first-order chi connectivity index (χ1) is 7.56. The molecular weight excluding hydrogens is 294 g/mol. The molecule has 1 aliphatic rings. The van der Waals surface area contributed by atoms with E-state index in [9.17, 15) is 9.59 Å². The van der Waals surface area contributed by atoms with Gasteiger partial charge in [-0.3, -0.25) is 9.59 Å². The molecule has 1 aromatic rings. The van der Waals surface area contributed by atoms with Gasteiger partial charge in [0.2, 0.25) is 0 Å². The van der Waals surface area contributed by atoms with Gasteiger partial charge in [-0.1, -0.05) is 0 Å². The minimum Gasteiger partial charge on any atom is -0.481 e. The molecule has 1 saturated carbocycles. The van der Waals surface area contributed by atoms with E-state index in [1.54, 1.807) is 6.07 Å². The van der Waals surface area contributed by atoms with Gasteiger partial charge in [-0.2, -0.15) is 0 Å². The van der Waals surface area contributed by atoms with Gasteiger partial charge in [-0.15, -0.1) is 11.3 Å². The lowest BCUT2D eigenvalue weighted by molar-refractivity contribution is -0.145. The van der Waals surface area contributed by atoms with Crippen LogP contribution in [0.4, 0.5) is 0 Å². The van der Waals surface area contributed by atoms with E-state index in [1.807, 2.05) is 6.07 Å². The van der Waals surface area contributed by atoms with Crippen molar-refractivity contribution < 1.29 is 14.7 Å². The average Bonchev–Trinajstić information content (AvgIpc) is 2.56. The average molecular weight is 304 g/mol. The van der Waals surface area contributed by atoms with E-state index >= 15 is 0 Å². The van der Waals surface area contributed by atoms with Crippen molar-refractivity contribution in [2.75, 3.05) is 0 Å². The van der Waals surface area contributed by atoms with Crippen molar-refractivity contribution in [2.45, 2.75) is 18.9 Å². The van der Waals surface area contributed by atoms with Crippen LogP contribution in [0.25, 0.3) is 0 Å². The molecule has 1 amide bonds. The quantitative estimate of drug-likeness (QED) is 0.898. The van der Waals surface area contributed by atoms with Crippen LogP contribution in [-0.4, -0.2) is 23.0 Å². The number of carboxylic acids is 1. The first-order valence-corrected chi connectivity index (χ1v) is 6.46. The van der Waals surface area contributed by atoms with Crippen LogP contribution in [0.15, 0.2) is 15.9 Å². The summed E-state index contributed by atoms with van der Waals surface area (Å²) < 4.78 is 0.912. The molecule has 0 spiro atoms. The predicted octanol–water partition coefficient (Wildman–Crippen LogP) is 2.10. The number of hydrogen-bond acceptors (Lipinski definition) is 3. The lowest BCUT2D eigenvalue weighted by Crippen LogP contribution is -2.46. The van der Waals surface area contributed by atoms with Crippen LogP contribution in [0, 0.1) is 5.92 Å². The molecule has 1 aromatic heterocycles. The van der Waals surface area contributed by atoms with Gasteiger partial charge in [0.15, 0.2) is 0 Å². The van der Waals surface area contributed by atoms with Gasteiger partial charge in [0, 0.05) is 6.04 Å². The maximum Gasteiger partial charge on any atom is 0.306 e. The molecule has 1 fully saturated rings. The molecule has 4 nitrogen and oxygen atoms in total. The molecule has 0 bridgehead atoms. The van der Waals surface area contributed by atoms with Gasteiger partial charge in [0.05, 0.1) is 14.6 Å². The number of hydrogen-bond donors (Lipinski definition) is 2. The number of carbonyl (C=O) groups excluding carboxylic acids is 1. The zero-order valence-electron chi connectivity index (χ0n) is 8.27. The number of carboxylic acid groups (broad SMARTS) is 1. The minimum atomic E-state index is -0.774. The number of amides is 1. The molecule has 0 atom stereocenters. The van der Waals surface area contributed by atoms with Crippen LogP contribution in [0.1, 0.15) is 22.5 Å². The Hall–Kier alpha value is -0.880. The van der Waals surface area contributed by atoms with E-state index in [-0.39, 0.29) is 17.9 Å². The Morgan fingerprint density at radius 3 is 2.62 bits per heavy atom. The summed E-state index contributed by atoms with van der Waals surface area (Å²) in [6, 6.07) is 3.58. The van der Waals surface area contributed by atoms with Crippen LogP contribution in [0.3, 0.4) is 0 Å². The zero-order chi connectivity index (χ0) is 11.7. The van der Waals surface area contributed by atoms with Crippen LogP contribution >= 0.6 is 27.3 Å². The van der Waals surface area contributed by atoms with E-state index in [2.05, 4.69) is 21.2 Å². The Labute approximate surface area is 105 Å². The van der Waals surface area contributed by atoms with Gasteiger partial charge in [0.1, 0.15) is 0 Å². The third kappa shape index (κ3) is 2.44. The molecule has 0 saturated heterocycles. The highest BCUT2D eigenvalue weighted by Crippen LogP contribution is 2.28. The number of halogens is 1. The lowest BCUT2D eigenvalue weighted by Gasteiger charge is -2.32. The van der Waals surface area contributed by atoms with Crippen LogP contribution in [-0.2, 0) is 4.79 Å². The molecular formula is C10H10BrNO3S. The largest absolute Gasteiger partial charge is 0.481 e. The second-order valence-electron chi connectivity index (χ2n) is 3.78. The topological polar surface area (TPSA) is 66.4 Å². The molecule has 2 rings (SSSR count). The highest BCUT2D eigenvalue weighted by Gasteiger charge is 2.35. The molecule has 6 heteroatoms. The highest BCUT2D eigenvalue weighted by atomic mass is 79.9. The van der Waals surface area contributed by atoms with E-state index in [0.717, 1.165) is 3.79 Å². The minimum absolute atomic E-state index is 0.00877. The van der Waals surface area contributed by atoms with E-state index in [1.165, 1.54) is 11.3 Å². The van der Waals surface area contributed by atoms with Crippen molar-refractivity contribution in [1.29, 1.82) is 0 Å². The summed E-state index contributed by atoms with van der Waals surface area (Å²) in [4.78, 5) is 22.9. The maximum absolute atomic E-state index is 11.7. The number of aliphatic carboxylic acids is 1. The Kier molecular flexibility index (Phi) is 3.30. The molecule has 1 aliphatic carbocycles. The maximum atomic E-state index is 11.7. The zero-order valence-corrected chi connectivity index (χ0v) is 10.7. The van der Waals surface area contributed by atoms with Crippen molar-refractivity contribution in [3.8, 4) is 0 Å². The summed E-state index contributed by atoms with van der Waals surface area (Å²) in [5, 5.41) is 11.5. The molecule has 0 aromatic carbocycles. The Morgan fingerprint density at radius 2 is 2.12 bits per heavy atom. The normalized spacial score (nSPS) is 23.6. The molecule has 0 aliphatic heterocycles. The molecule has 0 radical (unpaired) electrons. The van der Waals surface area contributed by atoms with E-state index < -0.39 is 5.97 Å². The fraction of sp³-hybridized carbons (Fsp3) is 0.400. The Morgan fingerprint density at radius 1 is 1.44 bits per heavy atom. The van der Waals surface area contributed by atoms with E-state index in [0.29, 0.717) is 17.7 Å². The first kappa shape index (κ1) is 11.6. The predicted molar refractivity (Wildman–Crippen MR) is 63.6 cm³/mol. The Bertz CT molecular complexity index is 425. The van der Waals surface area contributed by atoms with Crippen molar-refractivity contribution in [1.82, 2.24) is 5.32 Å². The molecule has 16 heavy (non-hydrogen) atoms. The smallest absolute Gasteiger partial charge is 0.306 e. The second kappa shape index (κ2) is 4.55.